The minimum atomic E-state index is -0.362. The highest BCUT2D eigenvalue weighted by atomic mass is 19.1. The SMILES string of the molecule is COc1c(F)cc(C)c(C2CCCNC2)c1OC. The van der Waals surface area contributed by atoms with Gasteiger partial charge in [-0.1, -0.05) is 0 Å². The molecule has 18 heavy (non-hydrogen) atoms. The van der Waals surface area contributed by atoms with Crippen LogP contribution < -0.4 is 14.8 Å². The number of halogens is 1. The first-order valence-corrected chi connectivity index (χ1v) is 6.30. The molecule has 0 aromatic heterocycles. The Hall–Kier alpha value is -1.29. The van der Waals surface area contributed by atoms with Crippen molar-refractivity contribution < 1.29 is 13.9 Å². The molecule has 0 amide bonds. The third-order valence-electron chi connectivity index (χ3n) is 3.55. The quantitative estimate of drug-likeness (QED) is 0.898. The van der Waals surface area contributed by atoms with E-state index in [2.05, 4.69) is 5.32 Å². The number of hydrogen-bond donors (Lipinski definition) is 1. The highest BCUT2D eigenvalue weighted by Gasteiger charge is 2.25. The number of hydrogen-bond acceptors (Lipinski definition) is 3. The number of ether oxygens (including phenoxy) is 2. The van der Waals surface area contributed by atoms with E-state index in [-0.39, 0.29) is 11.6 Å². The molecule has 1 aromatic rings. The van der Waals surface area contributed by atoms with E-state index in [0.29, 0.717) is 11.7 Å². The first-order chi connectivity index (χ1) is 8.69. The summed E-state index contributed by atoms with van der Waals surface area (Å²) in [5.74, 6) is 0.759. The maximum Gasteiger partial charge on any atom is 0.197 e. The van der Waals surface area contributed by atoms with Crippen LogP contribution in [-0.2, 0) is 0 Å². The smallest absolute Gasteiger partial charge is 0.197 e. The molecule has 0 spiro atoms. The molecule has 0 aliphatic carbocycles. The first-order valence-electron chi connectivity index (χ1n) is 6.30. The normalized spacial score (nSPS) is 19.7. The molecule has 100 valence electrons. The van der Waals surface area contributed by atoms with E-state index in [1.807, 2.05) is 6.92 Å². The molecule has 4 heteroatoms. The largest absolute Gasteiger partial charge is 0.492 e. The van der Waals surface area contributed by atoms with E-state index in [1.165, 1.54) is 13.2 Å². The Balaban J connectivity index is 2.49. The standard InChI is InChI=1S/C14H20FNO2/c1-9-7-11(15)13(17-2)14(18-3)12(9)10-5-4-6-16-8-10/h7,10,16H,4-6,8H2,1-3H3. The zero-order chi connectivity index (χ0) is 13.1. The van der Waals surface area contributed by atoms with E-state index in [9.17, 15) is 4.39 Å². The molecular formula is C14H20FNO2. The summed E-state index contributed by atoms with van der Waals surface area (Å²) in [5.41, 5.74) is 2.00. The van der Waals surface area contributed by atoms with Crippen molar-refractivity contribution in [2.45, 2.75) is 25.7 Å². The third kappa shape index (κ3) is 2.29. The highest BCUT2D eigenvalue weighted by molar-refractivity contribution is 5.53. The van der Waals surface area contributed by atoms with E-state index in [4.69, 9.17) is 9.47 Å². The molecule has 1 aromatic carbocycles. The summed E-state index contributed by atoms with van der Waals surface area (Å²) in [7, 11) is 3.04. The Labute approximate surface area is 107 Å². The monoisotopic (exact) mass is 253 g/mol. The zero-order valence-corrected chi connectivity index (χ0v) is 11.2. The van der Waals surface area contributed by atoms with Gasteiger partial charge in [0, 0.05) is 18.0 Å². The van der Waals surface area contributed by atoms with E-state index >= 15 is 0 Å². The van der Waals surface area contributed by atoms with Crippen molar-refractivity contribution in [3.05, 3.63) is 23.0 Å². The second-order valence-corrected chi connectivity index (χ2v) is 4.70. The van der Waals surface area contributed by atoms with Crippen molar-refractivity contribution in [3.63, 3.8) is 0 Å². The summed E-state index contributed by atoms with van der Waals surface area (Å²) in [4.78, 5) is 0. The van der Waals surface area contributed by atoms with Gasteiger partial charge in [-0.3, -0.25) is 0 Å². The van der Waals surface area contributed by atoms with Crippen LogP contribution in [0.15, 0.2) is 6.07 Å². The Morgan fingerprint density at radius 2 is 2.00 bits per heavy atom. The topological polar surface area (TPSA) is 30.5 Å². The number of aryl methyl sites for hydroxylation is 1. The molecule has 0 radical (unpaired) electrons. The third-order valence-corrected chi connectivity index (χ3v) is 3.55. The van der Waals surface area contributed by atoms with Crippen LogP contribution in [-0.4, -0.2) is 27.3 Å². The number of methoxy groups -OCH3 is 2. The molecule has 0 bridgehead atoms. The molecule has 1 aliphatic heterocycles. The summed E-state index contributed by atoms with van der Waals surface area (Å²) in [5, 5.41) is 3.37. The second kappa shape index (κ2) is 5.57. The van der Waals surface area contributed by atoms with Gasteiger partial charge in [-0.05, 0) is 37.9 Å². The van der Waals surface area contributed by atoms with Crippen LogP contribution in [0.1, 0.15) is 29.9 Å². The van der Waals surface area contributed by atoms with Gasteiger partial charge in [-0.15, -0.1) is 0 Å². The average molecular weight is 253 g/mol. The fraction of sp³-hybridized carbons (Fsp3) is 0.571. The van der Waals surface area contributed by atoms with Crippen molar-refractivity contribution in [2.24, 2.45) is 0 Å². The van der Waals surface area contributed by atoms with Gasteiger partial charge in [0.25, 0.3) is 0 Å². The lowest BCUT2D eigenvalue weighted by Crippen LogP contribution is -2.29. The molecule has 3 nitrogen and oxygen atoms in total. The summed E-state index contributed by atoms with van der Waals surface area (Å²) in [6.45, 7) is 3.89. The van der Waals surface area contributed by atoms with Gasteiger partial charge in [-0.25, -0.2) is 4.39 Å². The highest BCUT2D eigenvalue weighted by Crippen LogP contribution is 2.41. The Bertz CT molecular complexity index is 428. The van der Waals surface area contributed by atoms with Gasteiger partial charge in [0.15, 0.2) is 17.3 Å². The van der Waals surface area contributed by atoms with Gasteiger partial charge in [0.05, 0.1) is 14.2 Å². The van der Waals surface area contributed by atoms with Crippen molar-refractivity contribution in [2.75, 3.05) is 27.3 Å². The summed E-state index contributed by atoms with van der Waals surface area (Å²) in [6, 6.07) is 1.53. The molecular weight excluding hydrogens is 233 g/mol. The summed E-state index contributed by atoms with van der Waals surface area (Å²) in [6.07, 6.45) is 2.23. The van der Waals surface area contributed by atoms with Crippen LogP contribution in [0.2, 0.25) is 0 Å². The van der Waals surface area contributed by atoms with Crippen molar-refractivity contribution in [3.8, 4) is 11.5 Å². The van der Waals surface area contributed by atoms with E-state index in [1.54, 1.807) is 7.11 Å². The predicted octanol–water partition coefficient (Wildman–Crippen LogP) is 2.62. The van der Waals surface area contributed by atoms with E-state index < -0.39 is 0 Å². The van der Waals surface area contributed by atoms with E-state index in [0.717, 1.165) is 37.1 Å². The lowest BCUT2D eigenvalue weighted by Gasteiger charge is -2.27. The number of rotatable bonds is 3. The fourth-order valence-electron chi connectivity index (χ4n) is 2.74. The maximum absolute atomic E-state index is 13.8. The van der Waals surface area contributed by atoms with Crippen LogP contribution in [0.5, 0.6) is 11.5 Å². The molecule has 0 saturated carbocycles. The predicted molar refractivity (Wildman–Crippen MR) is 69.1 cm³/mol. The zero-order valence-electron chi connectivity index (χ0n) is 11.2. The van der Waals surface area contributed by atoms with Crippen molar-refractivity contribution in [1.29, 1.82) is 0 Å². The maximum atomic E-state index is 13.8. The Morgan fingerprint density at radius 3 is 2.56 bits per heavy atom. The molecule has 2 rings (SSSR count). The number of nitrogens with one attached hydrogen (secondary N) is 1. The molecule has 1 unspecified atom stereocenters. The molecule has 1 aliphatic rings. The van der Waals surface area contributed by atoms with Crippen LogP contribution in [0.4, 0.5) is 4.39 Å². The molecule has 1 heterocycles. The lowest BCUT2D eigenvalue weighted by atomic mass is 9.87. The molecule has 1 saturated heterocycles. The summed E-state index contributed by atoms with van der Waals surface area (Å²) < 4.78 is 24.3. The van der Waals surface area contributed by atoms with Crippen LogP contribution >= 0.6 is 0 Å². The van der Waals surface area contributed by atoms with Crippen molar-refractivity contribution in [1.82, 2.24) is 5.32 Å². The number of piperidine rings is 1. The molecule has 1 fully saturated rings. The van der Waals surface area contributed by atoms with Gasteiger partial charge < -0.3 is 14.8 Å². The number of benzene rings is 1. The second-order valence-electron chi connectivity index (χ2n) is 4.70. The Kier molecular flexibility index (Phi) is 4.07. The van der Waals surface area contributed by atoms with Crippen molar-refractivity contribution >= 4 is 0 Å². The van der Waals surface area contributed by atoms with Gasteiger partial charge in [0.2, 0.25) is 0 Å². The minimum absolute atomic E-state index is 0.212. The molecule has 1 N–H and O–H groups in total. The van der Waals surface area contributed by atoms with Crippen LogP contribution in [0.25, 0.3) is 0 Å². The van der Waals surface area contributed by atoms with Gasteiger partial charge in [0.1, 0.15) is 0 Å². The lowest BCUT2D eigenvalue weighted by molar-refractivity contribution is 0.328. The average Bonchev–Trinajstić information content (AvgIpc) is 2.38. The minimum Gasteiger partial charge on any atom is -0.492 e. The fourth-order valence-corrected chi connectivity index (χ4v) is 2.74. The summed E-state index contributed by atoms with van der Waals surface area (Å²) >= 11 is 0. The first kappa shape index (κ1) is 13.1. The van der Waals surface area contributed by atoms with Crippen LogP contribution in [0.3, 0.4) is 0 Å². The van der Waals surface area contributed by atoms with Crippen LogP contribution in [0, 0.1) is 12.7 Å². The van der Waals surface area contributed by atoms with Gasteiger partial charge in [-0.2, -0.15) is 0 Å². The van der Waals surface area contributed by atoms with Gasteiger partial charge >= 0.3 is 0 Å². The molecule has 1 atom stereocenters. The Morgan fingerprint density at radius 1 is 1.28 bits per heavy atom.